The maximum Gasteiger partial charge on any atom is 0.308 e. The van der Waals surface area contributed by atoms with Crippen LogP contribution in [0.5, 0.6) is 0 Å². The van der Waals surface area contributed by atoms with Crippen molar-refractivity contribution in [2.75, 3.05) is 14.1 Å². The van der Waals surface area contributed by atoms with Gasteiger partial charge in [-0.05, 0) is 55.5 Å². The Morgan fingerprint density at radius 1 is 0.843 bits per heavy atom. The molecule has 0 aromatic heterocycles. The lowest BCUT2D eigenvalue weighted by atomic mass is 9.49. The van der Waals surface area contributed by atoms with Crippen LogP contribution < -0.4 is 0 Å². The van der Waals surface area contributed by atoms with Crippen LogP contribution in [0.1, 0.15) is 86.3 Å². The molecular formula is C39H51NO11. The van der Waals surface area contributed by atoms with Gasteiger partial charge in [0, 0.05) is 51.6 Å². The quantitative estimate of drug-likeness (QED) is 0.196. The normalized spacial score (nSPS) is 30.6. The topological polar surface area (TPSA) is 152 Å². The van der Waals surface area contributed by atoms with E-state index >= 15 is 0 Å². The van der Waals surface area contributed by atoms with Crippen LogP contribution in [0, 0.1) is 22.7 Å². The predicted molar refractivity (Wildman–Crippen MR) is 185 cm³/mol. The zero-order chi connectivity index (χ0) is 38.2. The van der Waals surface area contributed by atoms with E-state index in [9.17, 15) is 28.8 Å². The Morgan fingerprint density at radius 3 is 1.94 bits per heavy atom. The van der Waals surface area contributed by atoms with E-state index in [0.29, 0.717) is 11.1 Å². The van der Waals surface area contributed by atoms with Crippen LogP contribution in [0.2, 0.25) is 0 Å². The van der Waals surface area contributed by atoms with Crippen LogP contribution in [0.15, 0.2) is 53.6 Å². The summed E-state index contributed by atoms with van der Waals surface area (Å²) in [5.74, 6) is -5.15. The third-order valence-electron chi connectivity index (χ3n) is 11.0. The number of hydrogen-bond donors (Lipinski definition) is 0. The van der Waals surface area contributed by atoms with Gasteiger partial charge in [0.05, 0.1) is 11.8 Å². The standard InChI is InChI=1S/C39H51NO11/c1-20-27-17-28-36(49-24(5)43)35(48-23(4)42)21(2)33(38(28,7)8)34(46)37(50-25(6)44)39(27,9)31(47-22(3)41)19-30(20)51-32(45)18-29(40(10)11)26-15-13-12-14-16-26/h12-16,27-31,35-37H,1,17-19H2,2-11H3/t27-,28-,29+,30+,31+,35-,36-,37+,39-/m1/s1. The number of ketones is 1. The molecule has 51 heavy (non-hydrogen) atoms. The Balaban J connectivity index is 1.88. The number of benzene rings is 1. The van der Waals surface area contributed by atoms with Crippen molar-refractivity contribution in [1.82, 2.24) is 4.90 Å². The van der Waals surface area contributed by atoms with Gasteiger partial charge in [-0.1, -0.05) is 57.7 Å². The van der Waals surface area contributed by atoms with Gasteiger partial charge in [-0.2, -0.15) is 0 Å². The second kappa shape index (κ2) is 15.1. The predicted octanol–water partition coefficient (Wildman–Crippen LogP) is 4.85. The summed E-state index contributed by atoms with van der Waals surface area (Å²) in [6.07, 6.45) is -5.51. The summed E-state index contributed by atoms with van der Waals surface area (Å²) in [4.78, 5) is 81.0. The Morgan fingerprint density at radius 2 is 1.41 bits per heavy atom. The van der Waals surface area contributed by atoms with Gasteiger partial charge in [0.15, 0.2) is 12.2 Å². The first-order valence-electron chi connectivity index (χ1n) is 17.3. The maximum atomic E-state index is 15.0. The van der Waals surface area contributed by atoms with Crippen LogP contribution in [0.25, 0.3) is 0 Å². The van der Waals surface area contributed by atoms with Crippen molar-refractivity contribution in [3.05, 3.63) is 59.2 Å². The Kier molecular flexibility index (Phi) is 11.7. The number of rotatable bonds is 9. The van der Waals surface area contributed by atoms with Crippen molar-refractivity contribution in [2.24, 2.45) is 22.7 Å². The summed E-state index contributed by atoms with van der Waals surface area (Å²) in [6.45, 7) is 16.3. The molecule has 1 aromatic carbocycles. The zero-order valence-corrected chi connectivity index (χ0v) is 31.3. The van der Waals surface area contributed by atoms with E-state index in [1.54, 1.807) is 13.8 Å². The van der Waals surface area contributed by atoms with Crippen molar-refractivity contribution in [1.29, 1.82) is 0 Å². The third kappa shape index (κ3) is 7.80. The molecule has 278 valence electrons. The average molecular weight is 710 g/mol. The number of carbonyl (C=O) groups is 6. The zero-order valence-electron chi connectivity index (χ0n) is 31.3. The molecule has 0 spiro atoms. The van der Waals surface area contributed by atoms with E-state index in [4.69, 9.17) is 23.7 Å². The summed E-state index contributed by atoms with van der Waals surface area (Å²) < 4.78 is 29.6. The van der Waals surface area contributed by atoms with E-state index < -0.39 is 88.8 Å². The number of fused-ring (bicyclic) bond motifs is 3. The van der Waals surface area contributed by atoms with Crippen molar-refractivity contribution in [3.63, 3.8) is 0 Å². The molecule has 2 saturated carbocycles. The van der Waals surface area contributed by atoms with Crippen molar-refractivity contribution < 1.29 is 52.5 Å². The van der Waals surface area contributed by atoms with E-state index in [1.165, 1.54) is 27.7 Å². The fourth-order valence-electron chi connectivity index (χ4n) is 8.67. The molecule has 0 saturated heterocycles. The lowest BCUT2D eigenvalue weighted by Crippen LogP contribution is -2.64. The number of nitrogens with zero attached hydrogens (tertiary/aromatic N) is 1. The monoisotopic (exact) mass is 709 g/mol. The van der Waals surface area contributed by atoms with Crippen molar-refractivity contribution in [2.45, 2.75) is 111 Å². The highest BCUT2D eigenvalue weighted by Crippen LogP contribution is 2.60. The molecular weight excluding hydrogens is 658 g/mol. The highest BCUT2D eigenvalue weighted by atomic mass is 16.6. The molecule has 12 nitrogen and oxygen atoms in total. The lowest BCUT2D eigenvalue weighted by Gasteiger charge is -2.58. The molecule has 2 bridgehead atoms. The molecule has 0 unspecified atom stereocenters. The van der Waals surface area contributed by atoms with E-state index in [-0.39, 0.29) is 30.9 Å². The van der Waals surface area contributed by atoms with Gasteiger partial charge < -0.3 is 28.6 Å². The molecule has 12 heteroatoms. The second-order valence-electron chi connectivity index (χ2n) is 15.0. The van der Waals surface area contributed by atoms with Crippen molar-refractivity contribution >= 4 is 35.6 Å². The number of carbonyl (C=O) groups excluding carboxylic acids is 6. The minimum absolute atomic E-state index is 0.0111. The van der Waals surface area contributed by atoms with Gasteiger partial charge >= 0.3 is 29.8 Å². The first kappa shape index (κ1) is 39.5. The van der Waals surface area contributed by atoms with Gasteiger partial charge in [-0.15, -0.1) is 0 Å². The lowest BCUT2D eigenvalue weighted by molar-refractivity contribution is -0.200. The number of hydrogen-bond acceptors (Lipinski definition) is 12. The molecule has 0 heterocycles. The van der Waals surface area contributed by atoms with Crippen LogP contribution in [0.3, 0.4) is 0 Å². The number of Topliss-reactive ketones (excluding diaryl/α,β-unsaturated/α-hetero) is 1. The SMILES string of the molecule is C=C1[C@@H](OC(=O)C[C@@H](c2ccccc2)N(C)C)C[C@H](OC(C)=O)[C@@]2(C)[C@@H]1C[C@@H]1[C@@H](OC(C)=O)[C@H](OC(C)=O)C(C)=C(C(=O)[C@@H]2OC(C)=O)C1(C)C. The molecule has 0 N–H and O–H groups in total. The first-order valence-corrected chi connectivity index (χ1v) is 17.3. The van der Waals surface area contributed by atoms with Crippen LogP contribution in [0.4, 0.5) is 0 Å². The molecule has 9 atom stereocenters. The van der Waals surface area contributed by atoms with Crippen LogP contribution >= 0.6 is 0 Å². The van der Waals surface area contributed by atoms with E-state index in [2.05, 4.69) is 6.58 Å². The summed E-state index contributed by atoms with van der Waals surface area (Å²) in [6, 6.07) is 9.24. The summed E-state index contributed by atoms with van der Waals surface area (Å²) >= 11 is 0. The van der Waals surface area contributed by atoms with E-state index in [1.807, 2.05) is 63.2 Å². The molecule has 3 aliphatic rings. The summed E-state index contributed by atoms with van der Waals surface area (Å²) in [7, 11) is 3.73. The minimum atomic E-state index is -1.47. The van der Waals surface area contributed by atoms with Gasteiger partial charge in [0.1, 0.15) is 18.3 Å². The molecule has 3 aliphatic carbocycles. The largest absolute Gasteiger partial charge is 0.462 e. The van der Waals surface area contributed by atoms with Gasteiger partial charge in [0.25, 0.3) is 0 Å². The highest BCUT2D eigenvalue weighted by Gasteiger charge is 2.65. The summed E-state index contributed by atoms with van der Waals surface area (Å²) in [5.41, 5.74) is -0.428. The van der Waals surface area contributed by atoms with Gasteiger partial charge in [-0.25, -0.2) is 0 Å². The third-order valence-corrected chi connectivity index (χ3v) is 11.0. The number of esters is 5. The molecule has 0 radical (unpaired) electrons. The van der Waals surface area contributed by atoms with Crippen LogP contribution in [-0.2, 0) is 52.5 Å². The van der Waals surface area contributed by atoms with E-state index in [0.717, 1.165) is 5.56 Å². The molecule has 0 amide bonds. The number of ether oxygens (including phenoxy) is 5. The Hall–Kier alpha value is -4.32. The molecule has 2 fully saturated rings. The Bertz CT molecular complexity index is 1610. The van der Waals surface area contributed by atoms with Crippen molar-refractivity contribution in [3.8, 4) is 0 Å². The molecule has 0 aliphatic heterocycles. The van der Waals surface area contributed by atoms with Gasteiger partial charge in [0.2, 0.25) is 5.78 Å². The fraction of sp³-hybridized carbons (Fsp3) is 0.590. The van der Waals surface area contributed by atoms with Gasteiger partial charge in [-0.3, -0.25) is 28.8 Å². The smallest absolute Gasteiger partial charge is 0.308 e. The second-order valence-corrected chi connectivity index (χ2v) is 15.0. The average Bonchev–Trinajstić information content (AvgIpc) is 3.01. The highest BCUT2D eigenvalue weighted by molar-refractivity contribution is 6.03. The Labute approximate surface area is 299 Å². The maximum absolute atomic E-state index is 15.0. The summed E-state index contributed by atoms with van der Waals surface area (Å²) in [5, 5.41) is 0. The molecule has 1 aromatic rings. The van der Waals surface area contributed by atoms with Crippen LogP contribution in [-0.4, -0.2) is 85.1 Å². The molecule has 4 rings (SSSR count). The minimum Gasteiger partial charge on any atom is -0.462 e. The fourth-order valence-corrected chi connectivity index (χ4v) is 8.67. The first-order chi connectivity index (χ1) is 23.7.